The minimum Gasteiger partial charge on any atom is -0.458 e. The third-order valence-corrected chi connectivity index (χ3v) is 6.10. The fourth-order valence-corrected chi connectivity index (χ4v) is 4.22. The van der Waals surface area contributed by atoms with E-state index in [9.17, 15) is 9.59 Å². The first-order chi connectivity index (χ1) is 17.2. The van der Waals surface area contributed by atoms with Crippen LogP contribution in [0.2, 0.25) is 5.02 Å². The van der Waals surface area contributed by atoms with Gasteiger partial charge in [-0.25, -0.2) is 9.78 Å². The third kappa shape index (κ3) is 8.28. The maximum Gasteiger partial charge on any atom is 0.329 e. The first kappa shape index (κ1) is 27.6. The van der Waals surface area contributed by atoms with Crippen molar-refractivity contribution in [1.82, 2.24) is 14.9 Å². The first-order valence-corrected chi connectivity index (χ1v) is 13.5. The molecule has 0 saturated heterocycles. The standard InChI is InChI=1S/C28H32ClN3O3S/c1-28(2,3)35-27(34)25(12-16-36-4)31-26(33)23-11-10-20(7-6-14-32-15-13-30-19-32)17-24(23)21-8-5-9-22(29)18-21/h5-11,13,15,17-19,25H,12,14,16H2,1-4H3,(H,31,33)/b7-6+/t25-/m0/s1. The van der Waals surface area contributed by atoms with E-state index >= 15 is 0 Å². The molecule has 1 atom stereocenters. The lowest BCUT2D eigenvalue weighted by molar-refractivity contribution is -0.157. The van der Waals surface area contributed by atoms with Gasteiger partial charge < -0.3 is 14.6 Å². The fourth-order valence-electron chi connectivity index (χ4n) is 3.56. The molecule has 36 heavy (non-hydrogen) atoms. The molecule has 1 heterocycles. The van der Waals surface area contributed by atoms with Crippen molar-refractivity contribution < 1.29 is 14.3 Å². The van der Waals surface area contributed by atoms with Crippen LogP contribution < -0.4 is 5.32 Å². The van der Waals surface area contributed by atoms with Crippen LogP contribution in [-0.4, -0.2) is 45.1 Å². The molecule has 0 spiro atoms. The highest BCUT2D eigenvalue weighted by Gasteiger charge is 2.27. The zero-order valence-electron chi connectivity index (χ0n) is 21.0. The molecule has 0 fully saturated rings. The van der Waals surface area contributed by atoms with E-state index in [4.69, 9.17) is 16.3 Å². The quantitative estimate of drug-likeness (QED) is 0.323. The van der Waals surface area contributed by atoms with E-state index in [0.29, 0.717) is 29.3 Å². The summed E-state index contributed by atoms with van der Waals surface area (Å²) in [5.74, 6) is -0.0597. The van der Waals surface area contributed by atoms with Gasteiger partial charge in [-0.2, -0.15) is 11.8 Å². The van der Waals surface area contributed by atoms with Gasteiger partial charge in [0.15, 0.2) is 0 Å². The Balaban J connectivity index is 1.90. The number of hydrogen-bond acceptors (Lipinski definition) is 5. The fraction of sp³-hybridized carbons (Fsp3) is 0.321. The minimum absolute atomic E-state index is 0.337. The van der Waals surface area contributed by atoms with Crippen LogP contribution in [0.3, 0.4) is 0 Å². The predicted octanol–water partition coefficient (Wildman–Crippen LogP) is 6.11. The predicted molar refractivity (Wildman–Crippen MR) is 148 cm³/mol. The summed E-state index contributed by atoms with van der Waals surface area (Å²) in [6, 6.07) is 12.3. The van der Waals surface area contributed by atoms with Gasteiger partial charge >= 0.3 is 5.97 Å². The first-order valence-electron chi connectivity index (χ1n) is 11.7. The van der Waals surface area contributed by atoms with Crippen molar-refractivity contribution in [3.05, 3.63) is 83.4 Å². The van der Waals surface area contributed by atoms with Gasteiger partial charge in [0.2, 0.25) is 0 Å². The zero-order valence-corrected chi connectivity index (χ0v) is 22.6. The molecular formula is C28H32ClN3O3S. The lowest BCUT2D eigenvalue weighted by atomic mass is 9.96. The molecule has 0 aliphatic rings. The summed E-state index contributed by atoms with van der Waals surface area (Å²) in [5, 5.41) is 3.48. The third-order valence-electron chi connectivity index (χ3n) is 5.22. The van der Waals surface area contributed by atoms with E-state index in [1.807, 2.05) is 80.3 Å². The summed E-state index contributed by atoms with van der Waals surface area (Å²) >= 11 is 7.88. The molecule has 0 aliphatic heterocycles. The number of thioether (sulfide) groups is 1. The maximum atomic E-state index is 13.5. The SMILES string of the molecule is CSCC[C@H](NC(=O)c1ccc(/C=C/Cn2ccnc2)cc1-c1cccc(Cl)c1)C(=O)OC(C)(C)C. The highest BCUT2D eigenvalue weighted by atomic mass is 35.5. The van der Waals surface area contributed by atoms with Crippen LogP contribution in [0.15, 0.2) is 67.3 Å². The smallest absolute Gasteiger partial charge is 0.329 e. The molecule has 3 aromatic rings. The number of aromatic nitrogens is 2. The molecule has 0 bridgehead atoms. The summed E-state index contributed by atoms with van der Waals surface area (Å²) in [6.45, 7) is 6.12. The highest BCUT2D eigenvalue weighted by molar-refractivity contribution is 7.98. The normalized spacial score (nSPS) is 12.5. The number of ether oxygens (including phenoxy) is 1. The molecule has 1 amide bonds. The van der Waals surface area contributed by atoms with Gasteiger partial charge in [0.25, 0.3) is 5.91 Å². The summed E-state index contributed by atoms with van der Waals surface area (Å²) < 4.78 is 7.52. The molecule has 3 rings (SSSR count). The van der Waals surface area contributed by atoms with Crippen molar-refractivity contribution >= 4 is 41.3 Å². The average molecular weight is 526 g/mol. The van der Waals surface area contributed by atoms with E-state index in [0.717, 1.165) is 16.7 Å². The van der Waals surface area contributed by atoms with Gasteiger partial charge in [0.05, 0.1) is 6.33 Å². The number of allylic oxidation sites excluding steroid dienone is 1. The van der Waals surface area contributed by atoms with E-state index in [1.165, 1.54) is 0 Å². The Morgan fingerprint density at radius 2 is 2.03 bits per heavy atom. The molecule has 190 valence electrons. The summed E-state index contributed by atoms with van der Waals surface area (Å²) in [6.07, 6.45) is 11.9. The Hall–Kier alpha value is -3.03. The van der Waals surface area contributed by atoms with Crippen LogP contribution >= 0.6 is 23.4 Å². The highest BCUT2D eigenvalue weighted by Crippen LogP contribution is 2.28. The van der Waals surface area contributed by atoms with Crippen molar-refractivity contribution in [2.45, 2.75) is 45.4 Å². The number of halogens is 1. The molecule has 8 heteroatoms. The van der Waals surface area contributed by atoms with Crippen molar-refractivity contribution in [1.29, 1.82) is 0 Å². The molecule has 2 aromatic carbocycles. The Morgan fingerprint density at radius 1 is 1.22 bits per heavy atom. The molecule has 1 aromatic heterocycles. The Morgan fingerprint density at radius 3 is 2.69 bits per heavy atom. The number of nitrogens with one attached hydrogen (secondary N) is 1. The van der Waals surface area contributed by atoms with Gasteiger partial charge in [-0.3, -0.25) is 4.79 Å². The van der Waals surface area contributed by atoms with E-state index in [-0.39, 0.29) is 5.91 Å². The minimum atomic E-state index is -0.744. The van der Waals surface area contributed by atoms with E-state index in [1.54, 1.807) is 36.4 Å². The Labute approximate surface area is 222 Å². The zero-order chi connectivity index (χ0) is 26.1. The van der Waals surface area contributed by atoms with Crippen molar-refractivity contribution in [2.24, 2.45) is 0 Å². The number of esters is 1. The molecule has 0 aliphatic carbocycles. The number of carbonyl (C=O) groups excluding carboxylic acids is 2. The van der Waals surface area contributed by atoms with Crippen LogP contribution in [0.25, 0.3) is 17.2 Å². The summed E-state index contributed by atoms with van der Waals surface area (Å²) in [5.41, 5.74) is 2.30. The molecule has 0 radical (unpaired) electrons. The van der Waals surface area contributed by atoms with E-state index < -0.39 is 17.6 Å². The second-order valence-electron chi connectivity index (χ2n) is 9.32. The van der Waals surface area contributed by atoms with Gasteiger partial charge in [-0.15, -0.1) is 0 Å². The topological polar surface area (TPSA) is 73.2 Å². The second kappa shape index (κ2) is 12.8. The van der Waals surface area contributed by atoms with E-state index in [2.05, 4.69) is 10.3 Å². The average Bonchev–Trinajstić information content (AvgIpc) is 3.34. The van der Waals surface area contributed by atoms with Gasteiger partial charge in [-0.1, -0.05) is 42.0 Å². The lowest BCUT2D eigenvalue weighted by Gasteiger charge is -2.25. The van der Waals surface area contributed by atoms with Crippen LogP contribution in [0.1, 0.15) is 43.1 Å². The van der Waals surface area contributed by atoms with Crippen molar-refractivity contribution in [3.63, 3.8) is 0 Å². The number of hydrogen-bond donors (Lipinski definition) is 1. The number of nitrogens with zero attached hydrogens (tertiary/aromatic N) is 2. The summed E-state index contributed by atoms with van der Waals surface area (Å²) in [4.78, 5) is 30.3. The molecule has 6 nitrogen and oxygen atoms in total. The number of imidazole rings is 1. The summed E-state index contributed by atoms with van der Waals surface area (Å²) in [7, 11) is 0. The van der Waals surface area contributed by atoms with Crippen LogP contribution in [0, 0.1) is 0 Å². The number of benzene rings is 2. The van der Waals surface area contributed by atoms with Crippen LogP contribution in [0.5, 0.6) is 0 Å². The lowest BCUT2D eigenvalue weighted by Crippen LogP contribution is -2.44. The largest absolute Gasteiger partial charge is 0.458 e. The Kier molecular flexibility index (Phi) is 9.79. The maximum absolute atomic E-state index is 13.5. The van der Waals surface area contributed by atoms with Gasteiger partial charge in [0, 0.05) is 29.5 Å². The van der Waals surface area contributed by atoms with Crippen LogP contribution in [-0.2, 0) is 16.1 Å². The Bertz CT molecular complexity index is 1200. The molecule has 0 saturated carbocycles. The number of amides is 1. The van der Waals surface area contributed by atoms with Gasteiger partial charge in [0.1, 0.15) is 11.6 Å². The number of carbonyl (C=O) groups is 2. The monoisotopic (exact) mass is 525 g/mol. The van der Waals surface area contributed by atoms with Gasteiger partial charge in [-0.05, 0) is 80.2 Å². The number of rotatable bonds is 10. The molecular weight excluding hydrogens is 494 g/mol. The van der Waals surface area contributed by atoms with Crippen LogP contribution in [0.4, 0.5) is 0 Å². The van der Waals surface area contributed by atoms with Crippen molar-refractivity contribution in [3.8, 4) is 11.1 Å². The molecule has 0 unspecified atom stereocenters. The second-order valence-corrected chi connectivity index (χ2v) is 10.7. The molecule has 1 N–H and O–H groups in total. The van der Waals surface area contributed by atoms with Crippen molar-refractivity contribution in [2.75, 3.05) is 12.0 Å².